The van der Waals surface area contributed by atoms with Crippen LogP contribution in [0.3, 0.4) is 0 Å². The fourth-order valence-corrected chi connectivity index (χ4v) is 5.70. The topological polar surface area (TPSA) is 34.9 Å². The molecular weight excluding hydrogens is 419 g/mol. The Labute approximate surface area is 176 Å². The second-order valence-electron chi connectivity index (χ2n) is 6.52. The van der Waals surface area contributed by atoms with Gasteiger partial charge in [-0.15, -0.1) is 23.1 Å². The summed E-state index contributed by atoms with van der Waals surface area (Å²) in [5.74, 6) is 0.670. The second kappa shape index (κ2) is 8.39. The van der Waals surface area contributed by atoms with Crippen LogP contribution in [-0.2, 0) is 25.1 Å². The molecule has 2 aromatic heterocycles. The van der Waals surface area contributed by atoms with Gasteiger partial charge >= 0.3 is 5.69 Å². The van der Waals surface area contributed by atoms with Gasteiger partial charge in [-0.3, -0.25) is 4.57 Å². The summed E-state index contributed by atoms with van der Waals surface area (Å²) in [6.07, 6.45) is 4.17. The highest BCUT2D eigenvalue weighted by Crippen LogP contribution is 2.32. The van der Waals surface area contributed by atoms with Crippen LogP contribution >= 0.6 is 46.3 Å². The molecule has 2 heterocycles. The quantitative estimate of drug-likeness (QED) is 0.372. The number of nitrogens with zero attached hydrogens (tertiary/aromatic N) is 2. The third kappa shape index (κ3) is 4.27. The van der Waals surface area contributed by atoms with Gasteiger partial charge in [0.05, 0.1) is 6.54 Å². The fourth-order valence-electron chi connectivity index (χ4n) is 3.37. The van der Waals surface area contributed by atoms with Gasteiger partial charge in [0, 0.05) is 31.9 Å². The molecule has 27 heavy (non-hydrogen) atoms. The molecule has 0 atom stereocenters. The summed E-state index contributed by atoms with van der Waals surface area (Å²) in [6, 6.07) is 9.61. The van der Waals surface area contributed by atoms with E-state index in [2.05, 4.69) is 11.1 Å². The summed E-state index contributed by atoms with van der Waals surface area (Å²) in [4.78, 5) is 18.4. The normalized spacial score (nSPS) is 13.6. The van der Waals surface area contributed by atoms with Crippen LogP contribution in [0.1, 0.15) is 34.5 Å². The van der Waals surface area contributed by atoms with Crippen molar-refractivity contribution in [2.24, 2.45) is 0 Å². The number of hydrogen-bond acceptors (Lipinski definition) is 4. The molecule has 3 aromatic rings. The molecule has 0 amide bonds. The van der Waals surface area contributed by atoms with E-state index in [1.807, 2.05) is 28.1 Å². The smallest absolute Gasteiger partial charge is 0.291 e. The van der Waals surface area contributed by atoms with Gasteiger partial charge in [-0.25, -0.2) is 4.79 Å². The Balaban J connectivity index is 1.65. The van der Waals surface area contributed by atoms with E-state index in [4.69, 9.17) is 23.2 Å². The van der Waals surface area contributed by atoms with Crippen molar-refractivity contribution in [2.45, 2.75) is 43.0 Å². The highest BCUT2D eigenvalue weighted by Gasteiger charge is 2.21. The standard InChI is InChI=1S/C20H18Cl2N2OS2/c21-14-8-7-13(17(22)10-14)12-27-19-16-5-1-2-6-18(16)24(20(25)23-19)11-15-4-3-9-26-15/h3-4,7-10H,1-2,5-6,11-12H2. The molecule has 0 fully saturated rings. The van der Waals surface area contributed by atoms with E-state index >= 15 is 0 Å². The zero-order valence-electron chi connectivity index (χ0n) is 14.6. The first-order chi connectivity index (χ1) is 13.1. The summed E-state index contributed by atoms with van der Waals surface area (Å²) in [7, 11) is 0. The summed E-state index contributed by atoms with van der Waals surface area (Å²) >= 11 is 15.5. The molecular formula is C20H18Cl2N2OS2. The number of benzene rings is 1. The first-order valence-electron chi connectivity index (χ1n) is 8.83. The van der Waals surface area contributed by atoms with Crippen molar-refractivity contribution in [2.75, 3.05) is 0 Å². The molecule has 0 saturated carbocycles. The summed E-state index contributed by atoms with van der Waals surface area (Å²) in [5.41, 5.74) is 3.22. The molecule has 140 valence electrons. The number of halogens is 2. The Kier molecular flexibility index (Phi) is 5.93. The first kappa shape index (κ1) is 19.1. The molecule has 7 heteroatoms. The molecule has 4 rings (SSSR count). The average Bonchev–Trinajstić information content (AvgIpc) is 3.17. The second-order valence-corrected chi connectivity index (χ2v) is 9.36. The van der Waals surface area contributed by atoms with Gasteiger partial charge in [0.1, 0.15) is 5.03 Å². The van der Waals surface area contributed by atoms with Crippen molar-refractivity contribution in [3.05, 3.63) is 77.9 Å². The zero-order chi connectivity index (χ0) is 18.8. The lowest BCUT2D eigenvalue weighted by atomic mass is 9.97. The number of aromatic nitrogens is 2. The van der Waals surface area contributed by atoms with Gasteiger partial charge in [0.2, 0.25) is 0 Å². The van der Waals surface area contributed by atoms with Crippen LogP contribution in [-0.4, -0.2) is 9.55 Å². The van der Waals surface area contributed by atoms with Crippen LogP contribution in [0.2, 0.25) is 10.0 Å². The van der Waals surface area contributed by atoms with E-state index in [1.165, 1.54) is 10.4 Å². The lowest BCUT2D eigenvalue weighted by Crippen LogP contribution is -2.30. The van der Waals surface area contributed by atoms with Gasteiger partial charge in [0.25, 0.3) is 0 Å². The van der Waals surface area contributed by atoms with E-state index < -0.39 is 0 Å². The third-order valence-corrected chi connectivity index (χ3v) is 7.24. The zero-order valence-corrected chi connectivity index (χ0v) is 17.7. The largest absolute Gasteiger partial charge is 0.349 e. The fraction of sp³-hybridized carbons (Fsp3) is 0.300. The van der Waals surface area contributed by atoms with E-state index in [9.17, 15) is 4.79 Å². The lowest BCUT2D eigenvalue weighted by Gasteiger charge is -2.22. The minimum atomic E-state index is -0.159. The van der Waals surface area contributed by atoms with Gasteiger partial charge in [0.15, 0.2) is 0 Å². The Morgan fingerprint density at radius 1 is 1.19 bits per heavy atom. The molecule has 0 saturated heterocycles. The number of thiophene rings is 1. The average molecular weight is 437 g/mol. The predicted molar refractivity (Wildman–Crippen MR) is 115 cm³/mol. The van der Waals surface area contributed by atoms with Gasteiger partial charge in [-0.2, -0.15) is 4.98 Å². The third-order valence-electron chi connectivity index (χ3n) is 4.72. The van der Waals surface area contributed by atoms with Crippen molar-refractivity contribution >= 4 is 46.3 Å². The lowest BCUT2D eigenvalue weighted by molar-refractivity contribution is 0.571. The van der Waals surface area contributed by atoms with Gasteiger partial charge in [-0.05, 0) is 54.8 Å². The Bertz CT molecular complexity index is 1020. The van der Waals surface area contributed by atoms with E-state index in [0.29, 0.717) is 22.3 Å². The molecule has 0 N–H and O–H groups in total. The Hall–Kier alpha value is -1.27. The van der Waals surface area contributed by atoms with Crippen molar-refractivity contribution in [1.82, 2.24) is 9.55 Å². The van der Waals surface area contributed by atoms with Gasteiger partial charge < -0.3 is 0 Å². The maximum atomic E-state index is 12.8. The molecule has 0 aliphatic heterocycles. The monoisotopic (exact) mass is 436 g/mol. The maximum absolute atomic E-state index is 12.8. The summed E-state index contributed by atoms with van der Waals surface area (Å²) in [5, 5.41) is 4.17. The van der Waals surface area contributed by atoms with E-state index in [-0.39, 0.29) is 5.69 Å². The van der Waals surface area contributed by atoms with Crippen LogP contribution in [0.15, 0.2) is 45.5 Å². The molecule has 0 unspecified atom stereocenters. The summed E-state index contributed by atoms with van der Waals surface area (Å²) in [6.45, 7) is 0.611. The van der Waals surface area contributed by atoms with Crippen molar-refractivity contribution in [1.29, 1.82) is 0 Å². The van der Waals surface area contributed by atoms with Crippen LogP contribution in [0.5, 0.6) is 0 Å². The Morgan fingerprint density at radius 2 is 2.04 bits per heavy atom. The predicted octanol–water partition coefficient (Wildman–Crippen LogP) is 5.83. The number of rotatable bonds is 5. The molecule has 3 nitrogen and oxygen atoms in total. The summed E-state index contributed by atoms with van der Waals surface area (Å²) < 4.78 is 1.86. The van der Waals surface area contributed by atoms with Crippen LogP contribution < -0.4 is 5.69 Å². The van der Waals surface area contributed by atoms with Crippen molar-refractivity contribution in [3.63, 3.8) is 0 Å². The maximum Gasteiger partial charge on any atom is 0.349 e. The molecule has 1 aliphatic carbocycles. The van der Waals surface area contributed by atoms with Crippen LogP contribution in [0, 0.1) is 0 Å². The van der Waals surface area contributed by atoms with E-state index in [0.717, 1.165) is 42.0 Å². The highest BCUT2D eigenvalue weighted by atomic mass is 35.5. The minimum absolute atomic E-state index is 0.159. The van der Waals surface area contributed by atoms with Crippen molar-refractivity contribution < 1.29 is 0 Å². The molecule has 0 radical (unpaired) electrons. The van der Waals surface area contributed by atoms with Gasteiger partial charge in [-0.1, -0.05) is 35.3 Å². The van der Waals surface area contributed by atoms with Crippen molar-refractivity contribution in [3.8, 4) is 0 Å². The first-order valence-corrected chi connectivity index (χ1v) is 11.5. The number of hydrogen-bond donors (Lipinski definition) is 0. The Morgan fingerprint density at radius 3 is 2.81 bits per heavy atom. The minimum Gasteiger partial charge on any atom is -0.291 e. The number of fused-ring (bicyclic) bond motifs is 1. The molecule has 1 aliphatic rings. The highest BCUT2D eigenvalue weighted by molar-refractivity contribution is 7.98. The SMILES string of the molecule is O=c1nc(SCc2ccc(Cl)cc2Cl)c2c(n1Cc1cccs1)CCCC2. The van der Waals surface area contributed by atoms with Crippen LogP contribution in [0.4, 0.5) is 0 Å². The molecule has 0 bridgehead atoms. The molecule has 1 aromatic carbocycles. The van der Waals surface area contributed by atoms with E-state index in [1.54, 1.807) is 29.2 Å². The van der Waals surface area contributed by atoms with Crippen LogP contribution in [0.25, 0.3) is 0 Å². The number of thioether (sulfide) groups is 1. The molecule has 0 spiro atoms.